The molecule has 4 nitrogen and oxygen atoms in total. The molecule has 1 saturated heterocycles. The fourth-order valence-corrected chi connectivity index (χ4v) is 1.29. The highest BCUT2D eigenvalue weighted by Crippen LogP contribution is 2.08. The Hall–Kier alpha value is -1.06. The van der Waals surface area contributed by atoms with Gasteiger partial charge in [-0.05, 0) is 6.42 Å². The highest BCUT2D eigenvalue weighted by Gasteiger charge is 2.29. The highest BCUT2D eigenvalue weighted by molar-refractivity contribution is 5.97. The van der Waals surface area contributed by atoms with Gasteiger partial charge in [0.1, 0.15) is 0 Å². The Kier molecular flexibility index (Phi) is 3.73. The van der Waals surface area contributed by atoms with E-state index in [-0.39, 0.29) is 12.5 Å². The second kappa shape index (κ2) is 4.84. The zero-order valence-electron chi connectivity index (χ0n) is 7.91. The molecule has 0 spiro atoms. The van der Waals surface area contributed by atoms with Gasteiger partial charge in [0, 0.05) is 6.54 Å². The van der Waals surface area contributed by atoms with Gasteiger partial charge in [-0.3, -0.25) is 4.79 Å². The summed E-state index contributed by atoms with van der Waals surface area (Å²) in [6.07, 6.45) is 3.76. The summed E-state index contributed by atoms with van der Waals surface area (Å²) in [6.45, 7) is 2.56. The van der Waals surface area contributed by atoms with Crippen molar-refractivity contribution in [3.05, 3.63) is 0 Å². The highest BCUT2D eigenvalue weighted by atomic mass is 16.6. The Bertz CT molecular complexity index is 187. The average Bonchev–Trinajstić information content (AvgIpc) is 2.42. The summed E-state index contributed by atoms with van der Waals surface area (Å²) >= 11 is 0. The zero-order valence-corrected chi connectivity index (χ0v) is 7.91. The number of carbonyl (C=O) groups is 2. The van der Waals surface area contributed by atoms with Crippen LogP contribution in [-0.2, 0) is 9.53 Å². The summed E-state index contributed by atoms with van der Waals surface area (Å²) in [5.41, 5.74) is 0. The van der Waals surface area contributed by atoms with Crippen LogP contribution in [0, 0.1) is 0 Å². The molecule has 0 radical (unpaired) electrons. The van der Waals surface area contributed by atoms with Gasteiger partial charge in [0.2, 0.25) is 0 Å². The third kappa shape index (κ3) is 2.72. The van der Waals surface area contributed by atoms with Crippen molar-refractivity contribution in [1.29, 1.82) is 0 Å². The maximum absolute atomic E-state index is 11.0. The monoisotopic (exact) mass is 185 g/mol. The van der Waals surface area contributed by atoms with Crippen LogP contribution >= 0.6 is 0 Å². The maximum atomic E-state index is 11.0. The third-order valence-corrected chi connectivity index (χ3v) is 2.08. The van der Waals surface area contributed by atoms with E-state index in [1.165, 1.54) is 4.90 Å². The molecule has 0 aromatic rings. The predicted molar refractivity (Wildman–Crippen MR) is 47.2 cm³/mol. The van der Waals surface area contributed by atoms with E-state index in [4.69, 9.17) is 0 Å². The maximum Gasteiger partial charge on any atom is 0.417 e. The zero-order chi connectivity index (χ0) is 9.68. The lowest BCUT2D eigenvalue weighted by Crippen LogP contribution is -2.29. The standard InChI is InChI=1S/C9H15NO3/c1-2-3-4-5-6-10-8(11)7-13-9(10)12/h2-7H2,1H3. The van der Waals surface area contributed by atoms with Crippen molar-refractivity contribution in [2.45, 2.75) is 32.6 Å². The smallest absolute Gasteiger partial charge is 0.417 e. The van der Waals surface area contributed by atoms with E-state index >= 15 is 0 Å². The van der Waals surface area contributed by atoms with Crippen molar-refractivity contribution in [3.8, 4) is 0 Å². The van der Waals surface area contributed by atoms with E-state index in [2.05, 4.69) is 11.7 Å². The lowest BCUT2D eigenvalue weighted by atomic mass is 10.2. The van der Waals surface area contributed by atoms with E-state index in [1.807, 2.05) is 0 Å². The fraction of sp³-hybridized carbons (Fsp3) is 0.778. The largest absolute Gasteiger partial charge is 0.439 e. The summed E-state index contributed by atoms with van der Waals surface area (Å²) in [5, 5.41) is 0. The first-order valence-corrected chi connectivity index (χ1v) is 4.73. The van der Waals surface area contributed by atoms with Crippen LogP contribution in [-0.4, -0.2) is 30.1 Å². The van der Waals surface area contributed by atoms with Crippen LogP contribution in [0.5, 0.6) is 0 Å². The van der Waals surface area contributed by atoms with Gasteiger partial charge in [0.05, 0.1) is 0 Å². The first-order chi connectivity index (χ1) is 6.25. The van der Waals surface area contributed by atoms with Crippen LogP contribution in [0.2, 0.25) is 0 Å². The van der Waals surface area contributed by atoms with Crippen molar-refractivity contribution in [2.24, 2.45) is 0 Å². The van der Waals surface area contributed by atoms with Gasteiger partial charge < -0.3 is 4.74 Å². The van der Waals surface area contributed by atoms with Crippen molar-refractivity contribution < 1.29 is 14.3 Å². The summed E-state index contributed by atoms with van der Waals surface area (Å²) in [7, 11) is 0. The molecule has 0 aromatic carbocycles. The summed E-state index contributed by atoms with van der Waals surface area (Å²) in [6, 6.07) is 0. The molecule has 1 heterocycles. The SMILES string of the molecule is CCCCCCN1C(=O)COC1=O. The van der Waals surface area contributed by atoms with Crippen LogP contribution in [0.1, 0.15) is 32.6 Å². The summed E-state index contributed by atoms with van der Waals surface area (Å²) in [5.74, 6) is -0.207. The van der Waals surface area contributed by atoms with Crippen LogP contribution in [0.3, 0.4) is 0 Å². The van der Waals surface area contributed by atoms with Crippen LogP contribution in [0.15, 0.2) is 0 Å². The molecule has 1 aliphatic heterocycles. The van der Waals surface area contributed by atoms with Gasteiger partial charge in [-0.1, -0.05) is 26.2 Å². The Labute approximate surface area is 77.8 Å². The van der Waals surface area contributed by atoms with Gasteiger partial charge in [-0.15, -0.1) is 0 Å². The molecule has 2 amide bonds. The van der Waals surface area contributed by atoms with E-state index in [0.29, 0.717) is 6.54 Å². The Balaban J connectivity index is 2.20. The molecular formula is C9H15NO3. The molecule has 0 aliphatic carbocycles. The number of imide groups is 1. The number of unbranched alkanes of at least 4 members (excludes halogenated alkanes) is 3. The van der Waals surface area contributed by atoms with Gasteiger partial charge in [-0.25, -0.2) is 9.69 Å². The summed E-state index contributed by atoms with van der Waals surface area (Å²) in [4.78, 5) is 23.1. The van der Waals surface area contributed by atoms with Gasteiger partial charge in [-0.2, -0.15) is 0 Å². The second-order valence-electron chi connectivity index (χ2n) is 3.16. The molecule has 0 unspecified atom stereocenters. The number of cyclic esters (lactones) is 1. The Morgan fingerprint density at radius 2 is 2.08 bits per heavy atom. The predicted octanol–water partition coefficient (Wildman–Crippen LogP) is 1.55. The van der Waals surface area contributed by atoms with Gasteiger partial charge >= 0.3 is 6.09 Å². The molecular weight excluding hydrogens is 170 g/mol. The lowest BCUT2D eigenvalue weighted by Gasteiger charge is -2.09. The van der Waals surface area contributed by atoms with Crippen molar-refractivity contribution in [1.82, 2.24) is 4.90 Å². The number of ether oxygens (including phenoxy) is 1. The number of carbonyl (C=O) groups excluding carboxylic acids is 2. The first-order valence-electron chi connectivity index (χ1n) is 4.73. The minimum Gasteiger partial charge on any atom is -0.439 e. The van der Waals surface area contributed by atoms with E-state index in [0.717, 1.165) is 25.7 Å². The molecule has 0 bridgehead atoms. The fourth-order valence-electron chi connectivity index (χ4n) is 1.29. The summed E-state index contributed by atoms with van der Waals surface area (Å²) < 4.78 is 4.57. The van der Waals surface area contributed by atoms with Crippen molar-refractivity contribution in [2.75, 3.05) is 13.2 Å². The molecule has 0 saturated carbocycles. The molecule has 0 aromatic heterocycles. The lowest BCUT2D eigenvalue weighted by molar-refractivity contribution is -0.125. The van der Waals surface area contributed by atoms with Crippen LogP contribution in [0.4, 0.5) is 4.79 Å². The van der Waals surface area contributed by atoms with E-state index in [1.54, 1.807) is 0 Å². The minimum absolute atomic E-state index is 0.0768. The van der Waals surface area contributed by atoms with Crippen molar-refractivity contribution >= 4 is 12.0 Å². The van der Waals surface area contributed by atoms with Crippen LogP contribution < -0.4 is 0 Å². The molecule has 1 aliphatic rings. The molecule has 4 heteroatoms. The number of nitrogens with zero attached hydrogens (tertiary/aromatic N) is 1. The molecule has 1 fully saturated rings. The number of amides is 2. The Morgan fingerprint density at radius 3 is 2.62 bits per heavy atom. The Morgan fingerprint density at radius 1 is 1.31 bits per heavy atom. The van der Waals surface area contributed by atoms with E-state index < -0.39 is 6.09 Å². The van der Waals surface area contributed by atoms with Gasteiger partial charge in [0.15, 0.2) is 6.61 Å². The quantitative estimate of drug-likeness (QED) is 0.610. The number of hydrogen-bond donors (Lipinski definition) is 0. The van der Waals surface area contributed by atoms with E-state index in [9.17, 15) is 9.59 Å². The molecule has 74 valence electrons. The molecule has 1 rings (SSSR count). The third-order valence-electron chi connectivity index (χ3n) is 2.08. The topological polar surface area (TPSA) is 46.6 Å². The molecule has 0 atom stereocenters. The molecule has 13 heavy (non-hydrogen) atoms. The van der Waals surface area contributed by atoms with Crippen molar-refractivity contribution in [3.63, 3.8) is 0 Å². The van der Waals surface area contributed by atoms with Gasteiger partial charge in [0.25, 0.3) is 5.91 Å². The number of rotatable bonds is 5. The van der Waals surface area contributed by atoms with Crippen LogP contribution in [0.25, 0.3) is 0 Å². The molecule has 0 N–H and O–H groups in total. The second-order valence-corrected chi connectivity index (χ2v) is 3.16. The first kappa shape index (κ1) is 10.0. The normalized spacial score (nSPS) is 16.5. The average molecular weight is 185 g/mol. The minimum atomic E-state index is -0.485. The number of hydrogen-bond acceptors (Lipinski definition) is 3.